The highest BCUT2D eigenvalue weighted by Crippen LogP contribution is 2.16. The Labute approximate surface area is 230 Å². The van der Waals surface area contributed by atoms with E-state index in [4.69, 9.17) is 4.74 Å². The molecule has 5 N–H and O–H groups in total. The molecule has 0 aromatic heterocycles. The fourth-order valence-electron chi connectivity index (χ4n) is 2.82. The molecule has 0 spiro atoms. The largest absolute Gasteiger partial charge is 0.480 e. The summed E-state index contributed by atoms with van der Waals surface area (Å²) in [6.45, 7) is 0.820. The Morgan fingerprint density at radius 3 is 2.30 bits per heavy atom. The Kier molecular flexibility index (Phi) is 14.0. The van der Waals surface area contributed by atoms with Gasteiger partial charge in [0.25, 0.3) is 0 Å². The van der Waals surface area contributed by atoms with Gasteiger partial charge in [-0.25, -0.2) is 9.59 Å². The maximum Gasteiger partial charge on any atom is 0.408 e. The number of carbonyl (C=O) groups is 5. The summed E-state index contributed by atoms with van der Waals surface area (Å²) in [5.41, 5.74) is 0.696. The second-order valence-corrected chi connectivity index (χ2v) is 10.3. The fraction of sp³-hybridized carbons (Fsp3) is 0.522. The number of carboxylic acid groups (broad SMARTS) is 1. The number of aliphatic carboxylic acids is 1. The molecule has 1 aromatic rings. The summed E-state index contributed by atoms with van der Waals surface area (Å²) in [7, 11) is 5.96. The first kappa shape index (κ1) is 32.2. The Hall–Kier alpha value is -2.84. The Bertz CT molecular complexity index is 958. The molecule has 0 aliphatic heterocycles. The van der Waals surface area contributed by atoms with Crippen molar-refractivity contribution in [1.29, 1.82) is 0 Å². The van der Waals surface area contributed by atoms with E-state index in [2.05, 4.69) is 49.8 Å². The summed E-state index contributed by atoms with van der Waals surface area (Å²) in [4.78, 5) is 60.1. The summed E-state index contributed by atoms with van der Waals surface area (Å²) in [5.74, 6) is -2.97. The zero-order valence-corrected chi connectivity index (χ0v) is 23.6. The molecular formula is C23H35BrN5O7S+. The molecule has 0 aliphatic carbocycles. The van der Waals surface area contributed by atoms with Crippen LogP contribution in [-0.2, 0) is 30.5 Å². The molecule has 4 amide bonds. The molecule has 1 aromatic carbocycles. The zero-order valence-electron chi connectivity index (χ0n) is 21.1. The first-order chi connectivity index (χ1) is 17.3. The van der Waals surface area contributed by atoms with E-state index in [1.54, 1.807) is 24.3 Å². The minimum absolute atomic E-state index is 0.0390. The highest BCUT2D eigenvalue weighted by atomic mass is 79.9. The van der Waals surface area contributed by atoms with E-state index < -0.39 is 36.0 Å². The molecule has 12 nitrogen and oxygen atoms in total. The predicted molar refractivity (Wildman–Crippen MR) is 143 cm³/mol. The lowest BCUT2D eigenvalue weighted by Crippen LogP contribution is -2.51. The number of benzene rings is 1. The van der Waals surface area contributed by atoms with Gasteiger partial charge in [0.1, 0.15) is 18.7 Å². The van der Waals surface area contributed by atoms with Crippen molar-refractivity contribution in [2.45, 2.75) is 31.5 Å². The zero-order chi connectivity index (χ0) is 28.0. The number of nitrogens with zero attached hydrogens (tertiary/aromatic N) is 1. The van der Waals surface area contributed by atoms with E-state index in [9.17, 15) is 29.1 Å². The number of carbonyl (C=O) groups excluding carboxylic acids is 4. The number of amides is 4. The van der Waals surface area contributed by atoms with Crippen LogP contribution >= 0.6 is 28.6 Å². The van der Waals surface area contributed by atoms with Gasteiger partial charge in [-0.3, -0.25) is 14.4 Å². The molecule has 0 unspecified atom stereocenters. The van der Waals surface area contributed by atoms with Gasteiger partial charge in [0.05, 0.1) is 40.8 Å². The monoisotopic (exact) mass is 604 g/mol. The highest BCUT2D eigenvalue weighted by Gasteiger charge is 2.24. The number of halogens is 1. The number of quaternary nitrogens is 1. The van der Waals surface area contributed by atoms with Crippen LogP contribution in [0, 0.1) is 0 Å². The number of ether oxygens (including phenoxy) is 1. The summed E-state index contributed by atoms with van der Waals surface area (Å²) >= 11 is 7.39. The van der Waals surface area contributed by atoms with Crippen LogP contribution in [0.4, 0.5) is 4.79 Å². The maximum atomic E-state index is 12.3. The number of carboxylic acids is 1. The Morgan fingerprint density at radius 2 is 1.70 bits per heavy atom. The molecular weight excluding hydrogens is 570 g/mol. The van der Waals surface area contributed by atoms with E-state index in [1.807, 2.05) is 21.1 Å². The van der Waals surface area contributed by atoms with Gasteiger partial charge in [-0.1, -0.05) is 34.1 Å². The number of alkyl carbamates (subject to hydrolysis) is 1. The third-order valence-electron chi connectivity index (χ3n) is 4.93. The lowest BCUT2D eigenvalue weighted by molar-refractivity contribution is -0.869. The van der Waals surface area contributed by atoms with E-state index >= 15 is 0 Å². The van der Waals surface area contributed by atoms with Gasteiger partial charge in [-0.05, 0) is 12.5 Å². The predicted octanol–water partition coefficient (Wildman–Crippen LogP) is 0.262. The normalized spacial score (nSPS) is 12.6. The first-order valence-corrected chi connectivity index (χ1v) is 12.9. The van der Waals surface area contributed by atoms with Gasteiger partial charge in [0.2, 0.25) is 17.7 Å². The van der Waals surface area contributed by atoms with Crippen molar-refractivity contribution < 1.29 is 38.3 Å². The SMILES string of the molecule is C[N+](C)(C)CCNC(=O)CNC(=O)[C@H](CS)NC(=O)CC[C@H](NC(=O)OCc1ccccc1Br)C(=O)O. The van der Waals surface area contributed by atoms with Crippen LogP contribution < -0.4 is 21.3 Å². The van der Waals surface area contributed by atoms with E-state index in [-0.39, 0.29) is 37.7 Å². The number of hydrogen-bond acceptors (Lipinski definition) is 7. The van der Waals surface area contributed by atoms with Gasteiger partial charge in [0, 0.05) is 22.2 Å². The van der Waals surface area contributed by atoms with Crippen LogP contribution in [0.1, 0.15) is 18.4 Å². The lowest BCUT2D eigenvalue weighted by atomic mass is 10.1. The minimum atomic E-state index is -1.38. The summed E-state index contributed by atoms with van der Waals surface area (Å²) < 4.78 is 6.46. The maximum absolute atomic E-state index is 12.3. The standard InChI is InChI=1S/C23H34BrN5O7S/c1-29(2,3)11-10-25-20(31)12-26-21(32)18(14-37)27-19(30)9-8-17(22(33)34)28-23(35)36-13-15-6-4-5-7-16(15)24/h4-7,17-18H,8-14H2,1-3H3,(H5-,25,26,27,28,30,31,32,33,34,35,37)/p+1/t17-,18-/m0/s1. The van der Waals surface area contributed by atoms with Crippen LogP contribution in [0.15, 0.2) is 28.7 Å². The fourth-order valence-corrected chi connectivity index (χ4v) is 3.48. The number of rotatable bonds is 15. The average molecular weight is 606 g/mol. The van der Waals surface area contributed by atoms with Crippen molar-refractivity contribution in [2.24, 2.45) is 0 Å². The summed E-state index contributed by atoms with van der Waals surface area (Å²) in [6.07, 6.45) is -1.47. The summed E-state index contributed by atoms with van der Waals surface area (Å²) in [6, 6.07) is 4.67. The van der Waals surface area contributed by atoms with Crippen LogP contribution in [0.3, 0.4) is 0 Å². The van der Waals surface area contributed by atoms with Crippen LogP contribution in [0.5, 0.6) is 0 Å². The summed E-state index contributed by atoms with van der Waals surface area (Å²) in [5, 5.41) is 19.2. The molecule has 14 heteroatoms. The molecule has 206 valence electrons. The van der Waals surface area contributed by atoms with Gasteiger partial charge < -0.3 is 35.6 Å². The number of thiol groups is 1. The van der Waals surface area contributed by atoms with Gasteiger partial charge in [0.15, 0.2) is 0 Å². The number of likely N-dealkylation sites (N-methyl/N-ethyl adjacent to an activating group) is 1. The van der Waals surface area contributed by atoms with Gasteiger partial charge in [-0.15, -0.1) is 0 Å². The molecule has 2 atom stereocenters. The van der Waals surface area contributed by atoms with Gasteiger partial charge in [-0.2, -0.15) is 12.6 Å². The quantitative estimate of drug-likeness (QED) is 0.123. The lowest BCUT2D eigenvalue weighted by Gasteiger charge is -2.23. The van der Waals surface area contributed by atoms with Crippen LogP contribution in [0.2, 0.25) is 0 Å². The van der Waals surface area contributed by atoms with Crippen molar-refractivity contribution in [3.63, 3.8) is 0 Å². The smallest absolute Gasteiger partial charge is 0.408 e. The second kappa shape index (κ2) is 16.1. The number of hydrogen-bond donors (Lipinski definition) is 6. The Balaban J connectivity index is 2.45. The molecule has 0 aliphatic rings. The van der Waals surface area contributed by atoms with Crippen molar-refractivity contribution in [3.8, 4) is 0 Å². The molecule has 0 bridgehead atoms. The highest BCUT2D eigenvalue weighted by molar-refractivity contribution is 9.10. The van der Waals surface area contributed by atoms with Crippen LogP contribution in [-0.4, -0.2) is 98.0 Å². The molecule has 0 radical (unpaired) electrons. The van der Waals surface area contributed by atoms with E-state index in [1.165, 1.54) is 0 Å². The Morgan fingerprint density at radius 1 is 1.03 bits per heavy atom. The first-order valence-electron chi connectivity index (χ1n) is 11.5. The van der Waals surface area contributed by atoms with Crippen molar-refractivity contribution in [1.82, 2.24) is 21.3 Å². The number of nitrogens with one attached hydrogen (secondary N) is 4. The molecule has 37 heavy (non-hydrogen) atoms. The topological polar surface area (TPSA) is 163 Å². The molecule has 0 heterocycles. The molecule has 0 fully saturated rings. The van der Waals surface area contributed by atoms with Crippen molar-refractivity contribution in [2.75, 3.05) is 46.5 Å². The van der Waals surface area contributed by atoms with Crippen LogP contribution in [0.25, 0.3) is 0 Å². The third kappa shape index (κ3) is 13.9. The van der Waals surface area contributed by atoms with Gasteiger partial charge >= 0.3 is 12.1 Å². The van der Waals surface area contributed by atoms with E-state index in [0.29, 0.717) is 23.1 Å². The van der Waals surface area contributed by atoms with E-state index in [0.717, 1.165) is 4.47 Å². The minimum Gasteiger partial charge on any atom is -0.480 e. The van der Waals surface area contributed by atoms with Crippen molar-refractivity contribution in [3.05, 3.63) is 34.3 Å². The second-order valence-electron chi connectivity index (χ2n) is 9.13. The molecule has 0 saturated carbocycles. The molecule has 0 saturated heterocycles. The third-order valence-corrected chi connectivity index (χ3v) is 6.07. The van der Waals surface area contributed by atoms with Crippen molar-refractivity contribution >= 4 is 58.3 Å². The molecule has 1 rings (SSSR count). The average Bonchev–Trinajstić information content (AvgIpc) is 2.82.